The number of thiocarbonyl (C=S) groups is 1. The Bertz CT molecular complexity index is 689. The van der Waals surface area contributed by atoms with Gasteiger partial charge in [0.15, 0.2) is 0 Å². The molecule has 0 saturated heterocycles. The van der Waals surface area contributed by atoms with E-state index in [2.05, 4.69) is 5.32 Å². The minimum atomic E-state index is -0.560. The first-order chi connectivity index (χ1) is 9.95. The van der Waals surface area contributed by atoms with Gasteiger partial charge in [-0.25, -0.2) is 4.39 Å². The van der Waals surface area contributed by atoms with Gasteiger partial charge in [-0.15, -0.1) is 0 Å². The summed E-state index contributed by atoms with van der Waals surface area (Å²) in [5.74, 6) is -0.922. The van der Waals surface area contributed by atoms with Crippen LogP contribution in [0.25, 0.3) is 0 Å². The largest absolute Gasteiger partial charge is 0.393 e. The van der Waals surface area contributed by atoms with Crippen LogP contribution in [-0.4, -0.2) is 10.9 Å². The van der Waals surface area contributed by atoms with Gasteiger partial charge in [-0.3, -0.25) is 4.79 Å². The third-order valence-electron chi connectivity index (χ3n) is 2.77. The molecule has 0 radical (unpaired) electrons. The SMILES string of the molecule is NC(=S)Cc1ccc(NC(=O)c2ccc(F)c(Cl)c2)cc1. The number of amides is 1. The summed E-state index contributed by atoms with van der Waals surface area (Å²) >= 11 is 10.5. The van der Waals surface area contributed by atoms with Crippen LogP contribution in [0.5, 0.6) is 0 Å². The molecule has 0 heterocycles. The van der Waals surface area contributed by atoms with Gasteiger partial charge in [-0.2, -0.15) is 0 Å². The number of halogens is 2. The van der Waals surface area contributed by atoms with Gasteiger partial charge < -0.3 is 11.1 Å². The Morgan fingerprint density at radius 3 is 2.48 bits per heavy atom. The summed E-state index contributed by atoms with van der Waals surface area (Å²) < 4.78 is 13.1. The molecule has 21 heavy (non-hydrogen) atoms. The van der Waals surface area contributed by atoms with Crippen molar-refractivity contribution >= 4 is 40.4 Å². The first kappa shape index (κ1) is 15.4. The molecule has 2 aromatic rings. The highest BCUT2D eigenvalue weighted by atomic mass is 35.5. The van der Waals surface area contributed by atoms with Crippen molar-refractivity contribution in [3.05, 3.63) is 64.4 Å². The monoisotopic (exact) mass is 322 g/mol. The Morgan fingerprint density at radius 1 is 1.24 bits per heavy atom. The fraction of sp³-hybridized carbons (Fsp3) is 0.0667. The number of anilines is 1. The summed E-state index contributed by atoms with van der Waals surface area (Å²) in [6.45, 7) is 0. The third-order valence-corrected chi connectivity index (χ3v) is 3.21. The van der Waals surface area contributed by atoms with E-state index in [1.54, 1.807) is 12.1 Å². The molecule has 0 aromatic heterocycles. The Hall–Kier alpha value is -1.98. The van der Waals surface area contributed by atoms with E-state index in [1.807, 2.05) is 12.1 Å². The summed E-state index contributed by atoms with van der Waals surface area (Å²) in [4.78, 5) is 12.4. The van der Waals surface area contributed by atoms with Crippen LogP contribution < -0.4 is 11.1 Å². The number of carbonyl (C=O) groups is 1. The highest BCUT2D eigenvalue weighted by molar-refractivity contribution is 7.80. The average Bonchev–Trinajstić information content (AvgIpc) is 2.43. The van der Waals surface area contributed by atoms with Crippen LogP contribution >= 0.6 is 23.8 Å². The lowest BCUT2D eigenvalue weighted by atomic mass is 10.1. The van der Waals surface area contributed by atoms with Crippen molar-refractivity contribution in [3.8, 4) is 0 Å². The molecule has 0 aliphatic heterocycles. The van der Waals surface area contributed by atoms with Gasteiger partial charge in [-0.05, 0) is 35.9 Å². The first-order valence-corrected chi connectivity index (χ1v) is 6.88. The summed E-state index contributed by atoms with van der Waals surface area (Å²) in [7, 11) is 0. The van der Waals surface area contributed by atoms with Crippen LogP contribution in [0, 0.1) is 5.82 Å². The van der Waals surface area contributed by atoms with Gasteiger partial charge in [0.05, 0.1) is 10.0 Å². The normalized spacial score (nSPS) is 10.2. The van der Waals surface area contributed by atoms with Gasteiger partial charge in [-0.1, -0.05) is 36.0 Å². The molecule has 0 atom stereocenters. The molecule has 0 bridgehead atoms. The molecule has 0 saturated carbocycles. The summed E-state index contributed by atoms with van der Waals surface area (Å²) in [5.41, 5.74) is 7.33. The van der Waals surface area contributed by atoms with E-state index in [-0.39, 0.29) is 16.5 Å². The van der Waals surface area contributed by atoms with Crippen molar-refractivity contribution in [2.45, 2.75) is 6.42 Å². The van der Waals surface area contributed by atoms with Crippen LogP contribution in [0.4, 0.5) is 10.1 Å². The van der Waals surface area contributed by atoms with Crippen LogP contribution in [0.1, 0.15) is 15.9 Å². The lowest BCUT2D eigenvalue weighted by Crippen LogP contribution is -2.13. The van der Waals surface area contributed by atoms with E-state index in [0.717, 1.165) is 11.6 Å². The molecule has 0 aliphatic rings. The standard InChI is InChI=1S/C15H12ClFN2OS/c16-12-8-10(3-6-13(12)17)15(20)19-11-4-1-9(2-5-11)7-14(18)21/h1-6,8H,7H2,(H2,18,21)(H,19,20). The van der Waals surface area contributed by atoms with Gasteiger partial charge in [0.2, 0.25) is 0 Å². The summed E-state index contributed by atoms with van der Waals surface area (Å²) in [6.07, 6.45) is 0.511. The van der Waals surface area contributed by atoms with Gasteiger partial charge in [0.1, 0.15) is 5.82 Å². The minimum Gasteiger partial charge on any atom is -0.393 e. The van der Waals surface area contributed by atoms with Crippen molar-refractivity contribution in [2.75, 3.05) is 5.32 Å². The second-order valence-corrected chi connectivity index (χ2v) is 5.35. The van der Waals surface area contributed by atoms with Crippen LogP contribution in [-0.2, 0) is 6.42 Å². The summed E-state index contributed by atoms with van der Waals surface area (Å²) in [5, 5.41) is 2.61. The molecule has 3 N–H and O–H groups in total. The maximum atomic E-state index is 13.1. The fourth-order valence-corrected chi connectivity index (χ4v) is 2.09. The number of hydrogen-bond acceptors (Lipinski definition) is 2. The smallest absolute Gasteiger partial charge is 0.255 e. The van der Waals surface area contributed by atoms with E-state index in [0.29, 0.717) is 17.1 Å². The van der Waals surface area contributed by atoms with E-state index in [9.17, 15) is 9.18 Å². The van der Waals surface area contributed by atoms with Crippen molar-refractivity contribution in [1.29, 1.82) is 0 Å². The number of benzene rings is 2. The topological polar surface area (TPSA) is 55.1 Å². The van der Waals surface area contributed by atoms with Crippen molar-refractivity contribution < 1.29 is 9.18 Å². The first-order valence-electron chi connectivity index (χ1n) is 6.09. The molecule has 0 spiro atoms. The molecule has 0 aliphatic carbocycles. The van der Waals surface area contributed by atoms with Gasteiger partial charge in [0.25, 0.3) is 5.91 Å². The van der Waals surface area contributed by atoms with Crippen LogP contribution in [0.2, 0.25) is 5.02 Å². The molecule has 108 valence electrons. The molecule has 6 heteroatoms. The predicted molar refractivity (Wildman–Crippen MR) is 86.3 cm³/mol. The Kier molecular flexibility index (Phi) is 4.88. The lowest BCUT2D eigenvalue weighted by molar-refractivity contribution is 0.102. The highest BCUT2D eigenvalue weighted by Gasteiger charge is 2.09. The van der Waals surface area contributed by atoms with Crippen molar-refractivity contribution in [3.63, 3.8) is 0 Å². The average molecular weight is 323 g/mol. The van der Waals surface area contributed by atoms with E-state index >= 15 is 0 Å². The van der Waals surface area contributed by atoms with Crippen LogP contribution in [0.3, 0.4) is 0 Å². The van der Waals surface area contributed by atoms with E-state index in [4.69, 9.17) is 29.6 Å². The number of nitrogens with one attached hydrogen (secondary N) is 1. The molecule has 0 unspecified atom stereocenters. The molecule has 3 nitrogen and oxygen atoms in total. The Labute approximate surface area is 131 Å². The Balaban J connectivity index is 2.08. The van der Waals surface area contributed by atoms with Crippen molar-refractivity contribution in [1.82, 2.24) is 0 Å². The molecular weight excluding hydrogens is 311 g/mol. The molecule has 2 rings (SSSR count). The Morgan fingerprint density at radius 2 is 1.90 bits per heavy atom. The van der Waals surface area contributed by atoms with E-state index < -0.39 is 5.82 Å². The van der Waals surface area contributed by atoms with Crippen molar-refractivity contribution in [2.24, 2.45) is 5.73 Å². The van der Waals surface area contributed by atoms with Gasteiger partial charge in [0, 0.05) is 17.7 Å². The second kappa shape index (κ2) is 6.65. The fourth-order valence-electron chi connectivity index (χ4n) is 1.75. The molecule has 1 amide bonds. The van der Waals surface area contributed by atoms with Crippen LogP contribution in [0.15, 0.2) is 42.5 Å². The molecule has 2 aromatic carbocycles. The molecule has 0 fully saturated rings. The zero-order chi connectivity index (χ0) is 15.4. The second-order valence-electron chi connectivity index (χ2n) is 4.42. The molecular formula is C15H12ClFN2OS. The number of rotatable bonds is 4. The zero-order valence-corrected chi connectivity index (χ0v) is 12.5. The number of carbonyl (C=O) groups excluding carboxylic acids is 1. The quantitative estimate of drug-likeness (QED) is 0.846. The summed E-state index contributed by atoms with van der Waals surface area (Å²) in [6, 6.07) is 11.0. The maximum Gasteiger partial charge on any atom is 0.255 e. The predicted octanol–water partition coefficient (Wildman–Crippen LogP) is 3.56. The van der Waals surface area contributed by atoms with Gasteiger partial charge >= 0.3 is 0 Å². The highest BCUT2D eigenvalue weighted by Crippen LogP contribution is 2.17. The van der Waals surface area contributed by atoms with E-state index in [1.165, 1.54) is 12.1 Å². The minimum absolute atomic E-state index is 0.0885. The number of hydrogen-bond donors (Lipinski definition) is 2. The third kappa shape index (κ3) is 4.24. The number of nitrogens with two attached hydrogens (primary N) is 1. The lowest BCUT2D eigenvalue weighted by Gasteiger charge is -2.07. The maximum absolute atomic E-state index is 13.1. The zero-order valence-electron chi connectivity index (χ0n) is 10.9.